The monoisotopic (exact) mass is 291 g/mol. The molecule has 1 aliphatic rings. The minimum absolute atomic E-state index is 0.698. The maximum Gasteiger partial charge on any atom is 0.0638 e. The molecule has 1 fully saturated rings. The number of rotatable bonds is 3. The van der Waals surface area contributed by atoms with E-state index < -0.39 is 0 Å². The quantitative estimate of drug-likeness (QED) is 0.889. The summed E-state index contributed by atoms with van der Waals surface area (Å²) >= 11 is 0. The number of hydrogen-bond donors (Lipinski definition) is 1. The molecule has 120 valence electrons. The lowest BCUT2D eigenvalue weighted by Crippen LogP contribution is -2.28. The molecule has 1 aromatic heterocycles. The van der Waals surface area contributed by atoms with E-state index in [1.54, 1.807) is 0 Å². The lowest BCUT2D eigenvalue weighted by molar-refractivity contribution is 0.403. The van der Waals surface area contributed by atoms with E-state index >= 15 is 0 Å². The normalized spacial score (nSPS) is 19.9. The average Bonchev–Trinajstić information content (AvgIpc) is 2.76. The second-order valence-corrected chi connectivity index (χ2v) is 6.75. The topological polar surface area (TPSA) is 29.9 Å². The smallest absolute Gasteiger partial charge is 0.0638 e. The summed E-state index contributed by atoms with van der Waals surface area (Å²) in [5.74, 6) is 0. The standard InChI is InChI=1S/C18H33N3/c1-16-17(15-21(2)20-16)14-19-18-12-10-8-6-4-3-5-7-9-11-13-18/h15,18-19H,3-14H2,1-2H3. The Kier molecular flexibility index (Phi) is 7.28. The molecule has 0 amide bonds. The fourth-order valence-electron chi connectivity index (χ4n) is 3.44. The van der Waals surface area contributed by atoms with Crippen molar-refractivity contribution in [2.45, 2.75) is 90.1 Å². The van der Waals surface area contributed by atoms with Crippen LogP contribution < -0.4 is 5.32 Å². The Balaban J connectivity index is 1.78. The van der Waals surface area contributed by atoms with Crippen LogP contribution in [-0.2, 0) is 13.6 Å². The van der Waals surface area contributed by atoms with E-state index in [9.17, 15) is 0 Å². The van der Waals surface area contributed by atoms with Crippen LogP contribution in [-0.4, -0.2) is 15.8 Å². The molecular formula is C18H33N3. The Morgan fingerprint density at radius 1 is 1.00 bits per heavy atom. The summed E-state index contributed by atoms with van der Waals surface area (Å²) in [5, 5.41) is 8.23. The van der Waals surface area contributed by atoms with Gasteiger partial charge in [0.2, 0.25) is 0 Å². The largest absolute Gasteiger partial charge is 0.310 e. The van der Waals surface area contributed by atoms with Gasteiger partial charge in [-0.3, -0.25) is 4.68 Å². The molecule has 1 N–H and O–H groups in total. The molecule has 0 spiro atoms. The van der Waals surface area contributed by atoms with Crippen LogP contribution in [0.15, 0.2) is 6.20 Å². The first-order valence-corrected chi connectivity index (χ1v) is 8.98. The molecule has 2 rings (SSSR count). The molecule has 0 unspecified atom stereocenters. The van der Waals surface area contributed by atoms with Crippen molar-refractivity contribution in [1.29, 1.82) is 0 Å². The average molecular weight is 291 g/mol. The van der Waals surface area contributed by atoms with E-state index in [2.05, 4.69) is 23.5 Å². The molecule has 21 heavy (non-hydrogen) atoms. The Morgan fingerprint density at radius 2 is 1.52 bits per heavy atom. The van der Waals surface area contributed by atoms with Gasteiger partial charge in [-0.05, 0) is 19.8 Å². The minimum Gasteiger partial charge on any atom is -0.310 e. The van der Waals surface area contributed by atoms with Gasteiger partial charge in [0.1, 0.15) is 0 Å². The molecule has 0 bridgehead atoms. The summed E-state index contributed by atoms with van der Waals surface area (Å²) in [4.78, 5) is 0. The van der Waals surface area contributed by atoms with Gasteiger partial charge in [0.15, 0.2) is 0 Å². The highest BCUT2D eigenvalue weighted by Crippen LogP contribution is 2.17. The first-order valence-electron chi connectivity index (χ1n) is 8.98. The Morgan fingerprint density at radius 3 is 2.00 bits per heavy atom. The predicted molar refractivity (Wildman–Crippen MR) is 89.4 cm³/mol. The van der Waals surface area contributed by atoms with Crippen molar-refractivity contribution in [3.8, 4) is 0 Å². The van der Waals surface area contributed by atoms with Crippen LogP contribution >= 0.6 is 0 Å². The second-order valence-electron chi connectivity index (χ2n) is 6.75. The lowest BCUT2D eigenvalue weighted by Gasteiger charge is -2.19. The fraction of sp³-hybridized carbons (Fsp3) is 0.833. The number of nitrogens with one attached hydrogen (secondary N) is 1. The van der Waals surface area contributed by atoms with E-state index in [0.717, 1.165) is 12.2 Å². The van der Waals surface area contributed by atoms with Crippen LogP contribution in [0.5, 0.6) is 0 Å². The number of hydrogen-bond acceptors (Lipinski definition) is 2. The van der Waals surface area contributed by atoms with E-state index in [-0.39, 0.29) is 0 Å². The summed E-state index contributed by atoms with van der Waals surface area (Å²) in [5.41, 5.74) is 2.52. The third kappa shape index (κ3) is 6.21. The van der Waals surface area contributed by atoms with Crippen LogP contribution in [0.25, 0.3) is 0 Å². The van der Waals surface area contributed by atoms with Crippen LogP contribution in [0.4, 0.5) is 0 Å². The van der Waals surface area contributed by atoms with E-state index in [0.29, 0.717) is 6.04 Å². The van der Waals surface area contributed by atoms with Gasteiger partial charge in [-0.2, -0.15) is 5.10 Å². The highest BCUT2D eigenvalue weighted by atomic mass is 15.2. The zero-order valence-corrected chi connectivity index (χ0v) is 14.0. The molecular weight excluding hydrogens is 258 g/mol. The summed E-state index contributed by atoms with van der Waals surface area (Å²) < 4.78 is 1.92. The first-order chi connectivity index (χ1) is 10.3. The van der Waals surface area contributed by atoms with E-state index in [1.807, 2.05) is 11.7 Å². The molecule has 1 saturated carbocycles. The zero-order chi connectivity index (χ0) is 14.9. The van der Waals surface area contributed by atoms with Gasteiger partial charge in [-0.25, -0.2) is 0 Å². The minimum atomic E-state index is 0.698. The lowest BCUT2D eigenvalue weighted by atomic mass is 9.98. The van der Waals surface area contributed by atoms with Crippen molar-refractivity contribution >= 4 is 0 Å². The summed E-state index contributed by atoms with van der Waals surface area (Å²) in [6.07, 6.45) is 17.7. The molecule has 1 aliphatic carbocycles. The molecule has 3 heteroatoms. The molecule has 0 radical (unpaired) electrons. The second kappa shape index (κ2) is 9.24. The molecule has 0 aliphatic heterocycles. The van der Waals surface area contributed by atoms with E-state index in [1.165, 1.54) is 76.2 Å². The van der Waals surface area contributed by atoms with Crippen molar-refractivity contribution in [2.75, 3.05) is 0 Å². The molecule has 1 heterocycles. The Hall–Kier alpha value is -0.830. The van der Waals surface area contributed by atoms with Crippen molar-refractivity contribution in [3.63, 3.8) is 0 Å². The van der Waals surface area contributed by atoms with Gasteiger partial charge in [-0.15, -0.1) is 0 Å². The fourth-order valence-corrected chi connectivity index (χ4v) is 3.44. The van der Waals surface area contributed by atoms with Crippen LogP contribution in [0.2, 0.25) is 0 Å². The molecule has 1 aromatic rings. The molecule has 3 nitrogen and oxygen atoms in total. The van der Waals surface area contributed by atoms with Gasteiger partial charge in [0.25, 0.3) is 0 Å². The van der Waals surface area contributed by atoms with Crippen molar-refractivity contribution in [2.24, 2.45) is 7.05 Å². The van der Waals surface area contributed by atoms with Gasteiger partial charge in [0, 0.05) is 31.4 Å². The van der Waals surface area contributed by atoms with Gasteiger partial charge in [-0.1, -0.05) is 57.8 Å². The highest BCUT2D eigenvalue weighted by Gasteiger charge is 2.10. The Bertz CT molecular complexity index is 385. The van der Waals surface area contributed by atoms with Crippen LogP contribution in [0, 0.1) is 6.92 Å². The molecule has 0 saturated heterocycles. The van der Waals surface area contributed by atoms with Crippen molar-refractivity contribution in [1.82, 2.24) is 15.1 Å². The summed E-state index contributed by atoms with van der Waals surface area (Å²) in [6, 6.07) is 0.698. The summed E-state index contributed by atoms with van der Waals surface area (Å²) in [7, 11) is 2.01. The van der Waals surface area contributed by atoms with Crippen LogP contribution in [0.1, 0.15) is 81.9 Å². The van der Waals surface area contributed by atoms with Crippen molar-refractivity contribution < 1.29 is 0 Å². The van der Waals surface area contributed by atoms with Crippen LogP contribution in [0.3, 0.4) is 0 Å². The summed E-state index contributed by atoms with van der Waals surface area (Å²) in [6.45, 7) is 3.09. The van der Waals surface area contributed by atoms with Gasteiger partial charge in [0.05, 0.1) is 5.69 Å². The van der Waals surface area contributed by atoms with Crippen molar-refractivity contribution in [3.05, 3.63) is 17.5 Å². The maximum absolute atomic E-state index is 4.44. The van der Waals surface area contributed by atoms with E-state index in [4.69, 9.17) is 0 Å². The SMILES string of the molecule is Cc1nn(C)cc1CNC1CCCCCCCCCCC1. The Labute approximate surface area is 130 Å². The molecule has 0 atom stereocenters. The van der Waals surface area contributed by atoms with Gasteiger partial charge < -0.3 is 5.32 Å². The number of aryl methyl sites for hydroxylation is 2. The third-order valence-corrected chi connectivity index (χ3v) is 4.80. The van der Waals surface area contributed by atoms with Gasteiger partial charge >= 0.3 is 0 Å². The maximum atomic E-state index is 4.44. The zero-order valence-electron chi connectivity index (χ0n) is 14.0. The number of aromatic nitrogens is 2. The third-order valence-electron chi connectivity index (χ3n) is 4.80. The highest BCUT2D eigenvalue weighted by molar-refractivity contribution is 5.14. The molecule has 0 aromatic carbocycles. The number of nitrogens with zero attached hydrogens (tertiary/aromatic N) is 2. The first kappa shape index (κ1) is 16.5. The predicted octanol–water partition coefficient (Wildman–Crippen LogP) is 4.49.